The number of sulfonamides is 1. The lowest BCUT2D eigenvalue weighted by Gasteiger charge is -2.26. The first kappa shape index (κ1) is 21.5. The zero-order valence-corrected chi connectivity index (χ0v) is 18.9. The number of carbonyl (C=O) groups excluding carboxylic acids is 1. The summed E-state index contributed by atoms with van der Waals surface area (Å²) < 4.78 is 33.0. The number of anilines is 2. The average Bonchev–Trinajstić information content (AvgIpc) is 3.46. The summed E-state index contributed by atoms with van der Waals surface area (Å²) >= 11 is 2.75. The van der Waals surface area contributed by atoms with E-state index >= 15 is 0 Å². The van der Waals surface area contributed by atoms with Gasteiger partial charge in [0.25, 0.3) is 0 Å². The van der Waals surface area contributed by atoms with Gasteiger partial charge in [-0.2, -0.15) is 4.31 Å². The van der Waals surface area contributed by atoms with Crippen LogP contribution in [-0.2, 0) is 19.6 Å². The molecule has 0 bridgehead atoms. The Morgan fingerprint density at radius 1 is 1.30 bits per heavy atom. The van der Waals surface area contributed by atoms with Crippen LogP contribution in [0, 0.1) is 0 Å². The van der Waals surface area contributed by atoms with Crippen LogP contribution in [0.15, 0.2) is 33.5 Å². The number of benzene rings is 1. The molecular weight excluding hydrogens is 446 g/mol. The predicted octanol–water partition coefficient (Wildman–Crippen LogP) is 2.25. The SMILES string of the molecule is CC(Sc1nnc(NC2CC2)s1)C(=O)Nc1cccc(S(=O)(=O)N2CCOCC2)c1. The van der Waals surface area contributed by atoms with E-state index < -0.39 is 15.3 Å². The molecule has 1 unspecified atom stereocenters. The highest BCUT2D eigenvalue weighted by atomic mass is 32.2. The number of nitrogens with one attached hydrogen (secondary N) is 2. The van der Waals surface area contributed by atoms with E-state index in [1.54, 1.807) is 19.1 Å². The summed E-state index contributed by atoms with van der Waals surface area (Å²) in [6.07, 6.45) is 2.31. The summed E-state index contributed by atoms with van der Waals surface area (Å²) in [4.78, 5) is 12.8. The lowest BCUT2D eigenvalue weighted by atomic mass is 10.3. The van der Waals surface area contributed by atoms with Crippen molar-refractivity contribution in [2.45, 2.75) is 40.3 Å². The van der Waals surface area contributed by atoms with Crippen molar-refractivity contribution in [1.29, 1.82) is 0 Å². The van der Waals surface area contributed by atoms with Crippen LogP contribution in [0.25, 0.3) is 0 Å². The third-order valence-electron chi connectivity index (χ3n) is 4.67. The first-order valence-corrected chi connectivity index (χ1v) is 12.8. The minimum Gasteiger partial charge on any atom is -0.379 e. The Labute approximate surface area is 183 Å². The van der Waals surface area contributed by atoms with E-state index in [9.17, 15) is 13.2 Å². The van der Waals surface area contributed by atoms with Gasteiger partial charge in [-0.1, -0.05) is 29.2 Å². The fourth-order valence-corrected chi connectivity index (χ4v) is 6.26. The number of nitrogens with zero attached hydrogens (tertiary/aromatic N) is 3. The minimum absolute atomic E-state index is 0.155. The molecule has 1 aliphatic heterocycles. The van der Waals surface area contributed by atoms with Gasteiger partial charge in [0.15, 0.2) is 4.34 Å². The predicted molar refractivity (Wildman–Crippen MR) is 117 cm³/mol. The second kappa shape index (κ2) is 9.18. The molecule has 0 radical (unpaired) electrons. The van der Waals surface area contributed by atoms with Gasteiger partial charge in [0.2, 0.25) is 21.1 Å². The fourth-order valence-electron chi connectivity index (χ4n) is 2.84. The average molecular weight is 470 g/mol. The molecule has 1 saturated heterocycles. The van der Waals surface area contributed by atoms with Crippen LogP contribution in [-0.4, -0.2) is 66.4 Å². The normalized spacial score (nSPS) is 18.7. The lowest BCUT2D eigenvalue weighted by molar-refractivity contribution is -0.115. The third-order valence-corrected chi connectivity index (χ3v) is 8.60. The van der Waals surface area contributed by atoms with Gasteiger partial charge in [0, 0.05) is 24.8 Å². The van der Waals surface area contributed by atoms with E-state index in [1.165, 1.54) is 39.5 Å². The van der Waals surface area contributed by atoms with Crippen LogP contribution in [0.2, 0.25) is 0 Å². The number of morpholine rings is 1. The van der Waals surface area contributed by atoms with E-state index in [1.807, 2.05) is 0 Å². The van der Waals surface area contributed by atoms with Gasteiger partial charge in [0.05, 0.1) is 23.4 Å². The summed E-state index contributed by atoms with van der Waals surface area (Å²) in [5.41, 5.74) is 0.440. The number of amides is 1. The molecule has 1 atom stereocenters. The van der Waals surface area contributed by atoms with Crippen molar-refractivity contribution in [3.05, 3.63) is 24.3 Å². The smallest absolute Gasteiger partial charge is 0.243 e. The summed E-state index contributed by atoms with van der Waals surface area (Å²) in [6.45, 7) is 3.20. The quantitative estimate of drug-likeness (QED) is 0.566. The standard InChI is InChI=1S/C18H23N5O4S3/c1-12(28-18-22-21-17(29-18)20-13-5-6-13)16(24)19-14-3-2-4-15(11-14)30(25,26)23-7-9-27-10-8-23/h2-4,11-13H,5-10H2,1H3,(H,19,24)(H,20,21). The van der Waals surface area contributed by atoms with Gasteiger partial charge in [-0.3, -0.25) is 4.79 Å². The Hall–Kier alpha value is -1.73. The molecule has 4 rings (SSSR count). The molecule has 1 amide bonds. The Balaban J connectivity index is 1.37. The van der Waals surface area contributed by atoms with Crippen molar-refractivity contribution in [2.75, 3.05) is 36.9 Å². The second-order valence-corrected chi connectivity index (χ2v) is 11.6. The molecule has 2 N–H and O–H groups in total. The number of thioether (sulfide) groups is 1. The second-order valence-electron chi connectivity index (χ2n) is 7.09. The summed E-state index contributed by atoms with van der Waals surface area (Å²) in [5.74, 6) is -0.229. The van der Waals surface area contributed by atoms with E-state index in [0.717, 1.165) is 18.0 Å². The van der Waals surface area contributed by atoms with E-state index in [2.05, 4.69) is 20.8 Å². The molecule has 1 aliphatic carbocycles. The van der Waals surface area contributed by atoms with Crippen molar-refractivity contribution in [1.82, 2.24) is 14.5 Å². The van der Waals surface area contributed by atoms with E-state index in [0.29, 0.717) is 42.4 Å². The monoisotopic (exact) mass is 469 g/mol. The molecule has 2 aromatic rings. The molecular formula is C18H23N5O4S3. The maximum Gasteiger partial charge on any atom is 0.243 e. The Kier molecular flexibility index (Phi) is 6.58. The number of hydrogen-bond donors (Lipinski definition) is 2. The van der Waals surface area contributed by atoms with Crippen LogP contribution >= 0.6 is 23.1 Å². The van der Waals surface area contributed by atoms with Gasteiger partial charge in [-0.05, 0) is 38.0 Å². The summed E-state index contributed by atoms with van der Waals surface area (Å²) in [7, 11) is -3.62. The van der Waals surface area contributed by atoms with Crippen LogP contribution in [0.5, 0.6) is 0 Å². The van der Waals surface area contributed by atoms with Crippen molar-refractivity contribution in [2.24, 2.45) is 0 Å². The maximum atomic E-state index is 12.8. The van der Waals surface area contributed by atoms with E-state index in [4.69, 9.17) is 4.74 Å². The number of rotatable bonds is 8. The minimum atomic E-state index is -3.62. The number of carbonyl (C=O) groups is 1. The molecule has 0 spiro atoms. The summed E-state index contributed by atoms with van der Waals surface area (Å²) in [6, 6.07) is 6.83. The van der Waals surface area contributed by atoms with Gasteiger partial charge < -0.3 is 15.4 Å². The molecule has 2 heterocycles. The zero-order chi connectivity index (χ0) is 21.1. The van der Waals surface area contributed by atoms with Crippen LogP contribution in [0.3, 0.4) is 0 Å². The zero-order valence-electron chi connectivity index (χ0n) is 16.4. The summed E-state index contributed by atoms with van der Waals surface area (Å²) in [5, 5.41) is 14.7. The Morgan fingerprint density at radius 3 is 2.80 bits per heavy atom. The molecule has 1 aromatic carbocycles. The fraction of sp³-hybridized carbons (Fsp3) is 0.500. The highest BCUT2D eigenvalue weighted by Crippen LogP contribution is 2.32. The highest BCUT2D eigenvalue weighted by molar-refractivity contribution is 8.02. The van der Waals surface area contributed by atoms with Crippen LogP contribution in [0.1, 0.15) is 19.8 Å². The molecule has 12 heteroatoms. The van der Waals surface area contributed by atoms with Crippen molar-refractivity contribution >= 4 is 49.8 Å². The molecule has 2 aliphatic rings. The number of ether oxygens (including phenoxy) is 1. The first-order chi connectivity index (χ1) is 14.4. The highest BCUT2D eigenvalue weighted by Gasteiger charge is 2.27. The first-order valence-electron chi connectivity index (χ1n) is 9.67. The molecule has 1 aromatic heterocycles. The van der Waals surface area contributed by atoms with Gasteiger partial charge in [-0.25, -0.2) is 8.42 Å². The largest absolute Gasteiger partial charge is 0.379 e. The Morgan fingerprint density at radius 2 is 2.07 bits per heavy atom. The molecule has 2 fully saturated rings. The molecule has 1 saturated carbocycles. The van der Waals surface area contributed by atoms with Crippen molar-refractivity contribution in [3.63, 3.8) is 0 Å². The van der Waals surface area contributed by atoms with Crippen LogP contribution < -0.4 is 10.6 Å². The van der Waals surface area contributed by atoms with Gasteiger partial charge >= 0.3 is 0 Å². The molecule has 162 valence electrons. The van der Waals surface area contributed by atoms with Crippen molar-refractivity contribution in [3.8, 4) is 0 Å². The lowest BCUT2D eigenvalue weighted by Crippen LogP contribution is -2.40. The topological polar surface area (TPSA) is 114 Å². The number of hydrogen-bond acceptors (Lipinski definition) is 9. The van der Waals surface area contributed by atoms with Gasteiger partial charge in [0.1, 0.15) is 0 Å². The van der Waals surface area contributed by atoms with Crippen LogP contribution in [0.4, 0.5) is 10.8 Å². The number of aromatic nitrogens is 2. The molecule has 30 heavy (non-hydrogen) atoms. The van der Waals surface area contributed by atoms with Gasteiger partial charge in [-0.15, -0.1) is 10.2 Å². The molecule has 9 nitrogen and oxygen atoms in total. The Bertz CT molecular complexity index is 1000. The van der Waals surface area contributed by atoms with Crippen molar-refractivity contribution < 1.29 is 17.9 Å². The third kappa shape index (κ3) is 5.30. The van der Waals surface area contributed by atoms with E-state index in [-0.39, 0.29) is 10.8 Å². The maximum absolute atomic E-state index is 12.8.